The number of aliphatic hydroxyl groups excluding tert-OH is 1. The Morgan fingerprint density at radius 2 is 2.05 bits per heavy atom. The fraction of sp³-hybridized carbons (Fsp3) is 0.462. The summed E-state index contributed by atoms with van der Waals surface area (Å²) in [7, 11) is 0. The Bertz CT molecular complexity index is 442. The summed E-state index contributed by atoms with van der Waals surface area (Å²) in [6, 6.07) is 2.97. The van der Waals surface area contributed by atoms with Gasteiger partial charge in [-0.15, -0.1) is 0 Å². The summed E-state index contributed by atoms with van der Waals surface area (Å²) in [4.78, 5) is 25.9. The zero-order valence-electron chi connectivity index (χ0n) is 11.0. The third-order valence-electron chi connectivity index (χ3n) is 2.70. The number of carboxylic acids is 1. The number of aromatic carboxylic acids is 1. The van der Waals surface area contributed by atoms with Crippen molar-refractivity contribution < 1.29 is 19.8 Å². The molecule has 19 heavy (non-hydrogen) atoms. The second-order valence-electron chi connectivity index (χ2n) is 4.65. The van der Waals surface area contributed by atoms with Crippen molar-refractivity contribution in [3.05, 3.63) is 29.6 Å². The maximum atomic E-state index is 11.5. The van der Waals surface area contributed by atoms with Crippen LogP contribution < -0.4 is 5.32 Å². The summed E-state index contributed by atoms with van der Waals surface area (Å²) in [6.07, 6.45) is 0.800. The Morgan fingerprint density at radius 3 is 2.53 bits per heavy atom. The van der Waals surface area contributed by atoms with Gasteiger partial charge in [-0.05, 0) is 17.5 Å². The molecule has 0 aliphatic rings. The summed E-state index contributed by atoms with van der Waals surface area (Å²) < 4.78 is 0. The van der Waals surface area contributed by atoms with Gasteiger partial charge < -0.3 is 15.5 Å². The molecule has 1 aromatic rings. The minimum atomic E-state index is -1.09. The van der Waals surface area contributed by atoms with Gasteiger partial charge >= 0.3 is 5.97 Å². The molecule has 0 fully saturated rings. The Balaban J connectivity index is 2.44. The monoisotopic (exact) mass is 266 g/mol. The number of hydrogen-bond donors (Lipinski definition) is 3. The average molecular weight is 266 g/mol. The van der Waals surface area contributed by atoms with Crippen LogP contribution in [0.2, 0.25) is 0 Å². The molecule has 1 aromatic heterocycles. The first-order valence-electron chi connectivity index (χ1n) is 6.03. The standard InChI is InChI=1S/C13H18N2O4/c1-8(2)11(16)5-12(17)15-7-9-3-4-10(13(18)19)14-6-9/h3-4,6,8,11,16H,5,7H2,1-2H3,(H,15,17)(H,18,19). The van der Waals surface area contributed by atoms with Gasteiger partial charge in [0.05, 0.1) is 12.5 Å². The van der Waals surface area contributed by atoms with E-state index in [1.54, 1.807) is 6.07 Å². The van der Waals surface area contributed by atoms with Gasteiger partial charge in [-0.3, -0.25) is 4.79 Å². The van der Waals surface area contributed by atoms with Crippen molar-refractivity contribution in [1.82, 2.24) is 10.3 Å². The first-order valence-corrected chi connectivity index (χ1v) is 6.03. The maximum absolute atomic E-state index is 11.5. The molecular weight excluding hydrogens is 248 g/mol. The van der Waals surface area contributed by atoms with Crippen LogP contribution in [0.25, 0.3) is 0 Å². The Morgan fingerprint density at radius 1 is 1.37 bits per heavy atom. The van der Waals surface area contributed by atoms with E-state index in [0.717, 1.165) is 0 Å². The first-order chi connectivity index (χ1) is 8.90. The fourth-order valence-electron chi connectivity index (χ4n) is 1.35. The molecular formula is C13H18N2O4. The zero-order chi connectivity index (χ0) is 14.4. The van der Waals surface area contributed by atoms with E-state index in [1.807, 2.05) is 13.8 Å². The molecule has 6 heteroatoms. The Kier molecular flexibility index (Phi) is 5.44. The van der Waals surface area contributed by atoms with E-state index >= 15 is 0 Å². The third-order valence-corrected chi connectivity index (χ3v) is 2.70. The molecule has 0 aliphatic heterocycles. The van der Waals surface area contributed by atoms with Gasteiger partial charge in [-0.25, -0.2) is 9.78 Å². The molecule has 1 atom stereocenters. The Hall–Kier alpha value is -1.95. The lowest BCUT2D eigenvalue weighted by molar-refractivity contribution is -0.123. The van der Waals surface area contributed by atoms with Crippen molar-refractivity contribution in [3.8, 4) is 0 Å². The minimum Gasteiger partial charge on any atom is -0.477 e. The van der Waals surface area contributed by atoms with Gasteiger partial charge in [0.1, 0.15) is 5.69 Å². The van der Waals surface area contributed by atoms with Gasteiger partial charge in [0.2, 0.25) is 5.91 Å². The van der Waals surface area contributed by atoms with Crippen LogP contribution >= 0.6 is 0 Å². The Labute approximate surface area is 111 Å². The van der Waals surface area contributed by atoms with Crippen LogP contribution in [-0.2, 0) is 11.3 Å². The normalized spacial score (nSPS) is 12.2. The highest BCUT2D eigenvalue weighted by atomic mass is 16.4. The van der Waals surface area contributed by atoms with Crippen LogP contribution in [0, 0.1) is 5.92 Å². The lowest BCUT2D eigenvalue weighted by atomic mass is 10.0. The van der Waals surface area contributed by atoms with Gasteiger partial charge in [0.25, 0.3) is 0 Å². The summed E-state index contributed by atoms with van der Waals surface area (Å²) in [5, 5.41) is 20.9. The predicted molar refractivity (Wildman–Crippen MR) is 68.5 cm³/mol. The second kappa shape index (κ2) is 6.84. The number of hydrogen-bond acceptors (Lipinski definition) is 4. The highest BCUT2D eigenvalue weighted by Crippen LogP contribution is 2.05. The lowest BCUT2D eigenvalue weighted by Crippen LogP contribution is -2.29. The molecule has 0 aromatic carbocycles. The van der Waals surface area contributed by atoms with Gasteiger partial charge in [-0.1, -0.05) is 19.9 Å². The van der Waals surface area contributed by atoms with Gasteiger partial charge in [-0.2, -0.15) is 0 Å². The molecule has 0 saturated carbocycles. The number of carboxylic acid groups (broad SMARTS) is 1. The molecule has 0 bridgehead atoms. The number of aromatic nitrogens is 1. The van der Waals surface area contributed by atoms with E-state index in [1.165, 1.54) is 12.3 Å². The number of pyridine rings is 1. The van der Waals surface area contributed by atoms with Gasteiger partial charge in [0.15, 0.2) is 0 Å². The topological polar surface area (TPSA) is 99.5 Å². The summed E-state index contributed by atoms with van der Waals surface area (Å²) in [6.45, 7) is 3.94. The van der Waals surface area contributed by atoms with Crippen LogP contribution in [0.4, 0.5) is 0 Å². The van der Waals surface area contributed by atoms with Crippen molar-refractivity contribution in [2.75, 3.05) is 0 Å². The number of rotatable bonds is 6. The summed E-state index contributed by atoms with van der Waals surface area (Å²) >= 11 is 0. The van der Waals surface area contributed by atoms with E-state index in [9.17, 15) is 14.7 Å². The number of carbonyl (C=O) groups excluding carboxylic acids is 1. The molecule has 1 rings (SSSR count). The van der Waals surface area contributed by atoms with Crippen molar-refractivity contribution in [3.63, 3.8) is 0 Å². The summed E-state index contributed by atoms with van der Waals surface area (Å²) in [5.41, 5.74) is 0.669. The smallest absolute Gasteiger partial charge is 0.354 e. The van der Waals surface area contributed by atoms with E-state index in [2.05, 4.69) is 10.3 Å². The second-order valence-corrected chi connectivity index (χ2v) is 4.65. The van der Waals surface area contributed by atoms with Crippen LogP contribution in [0.3, 0.4) is 0 Å². The van der Waals surface area contributed by atoms with E-state index in [0.29, 0.717) is 5.56 Å². The molecule has 0 radical (unpaired) electrons. The quantitative estimate of drug-likeness (QED) is 0.707. The minimum absolute atomic E-state index is 0.0299. The molecule has 0 aliphatic carbocycles. The van der Waals surface area contributed by atoms with Crippen molar-refractivity contribution in [1.29, 1.82) is 0 Å². The molecule has 3 N–H and O–H groups in total. The first kappa shape index (κ1) is 15.1. The molecule has 6 nitrogen and oxygen atoms in total. The number of amides is 1. The fourth-order valence-corrected chi connectivity index (χ4v) is 1.35. The van der Waals surface area contributed by atoms with Gasteiger partial charge in [0, 0.05) is 12.7 Å². The third kappa shape index (κ3) is 5.05. The highest BCUT2D eigenvalue weighted by Gasteiger charge is 2.14. The van der Waals surface area contributed by atoms with E-state index in [4.69, 9.17) is 5.11 Å². The van der Waals surface area contributed by atoms with Crippen molar-refractivity contribution in [2.24, 2.45) is 5.92 Å². The van der Waals surface area contributed by atoms with Crippen LogP contribution in [0.15, 0.2) is 18.3 Å². The molecule has 0 saturated heterocycles. The molecule has 1 amide bonds. The number of nitrogens with zero attached hydrogens (tertiary/aromatic N) is 1. The molecule has 0 spiro atoms. The number of carbonyl (C=O) groups is 2. The predicted octanol–water partition coefficient (Wildman–Crippen LogP) is 0.803. The maximum Gasteiger partial charge on any atom is 0.354 e. The highest BCUT2D eigenvalue weighted by molar-refractivity contribution is 5.85. The van der Waals surface area contributed by atoms with Crippen molar-refractivity contribution >= 4 is 11.9 Å². The largest absolute Gasteiger partial charge is 0.477 e. The molecule has 104 valence electrons. The van der Waals surface area contributed by atoms with Crippen LogP contribution in [0.5, 0.6) is 0 Å². The number of aliphatic hydroxyl groups is 1. The SMILES string of the molecule is CC(C)C(O)CC(=O)NCc1ccc(C(=O)O)nc1. The van der Waals surface area contributed by atoms with E-state index < -0.39 is 12.1 Å². The summed E-state index contributed by atoms with van der Waals surface area (Å²) in [5.74, 6) is -1.30. The number of nitrogens with one attached hydrogen (secondary N) is 1. The van der Waals surface area contributed by atoms with Crippen molar-refractivity contribution in [2.45, 2.75) is 32.9 Å². The zero-order valence-corrected chi connectivity index (χ0v) is 11.0. The van der Waals surface area contributed by atoms with Crippen LogP contribution in [-0.4, -0.2) is 33.2 Å². The average Bonchev–Trinajstić information content (AvgIpc) is 2.36. The van der Waals surface area contributed by atoms with E-state index in [-0.39, 0.29) is 30.5 Å². The van der Waals surface area contributed by atoms with Crippen LogP contribution in [0.1, 0.15) is 36.3 Å². The molecule has 1 heterocycles. The molecule has 1 unspecified atom stereocenters. The lowest BCUT2D eigenvalue weighted by Gasteiger charge is -2.13.